The third-order valence-corrected chi connectivity index (χ3v) is 6.83. The Hall–Kier alpha value is -2.44. The van der Waals surface area contributed by atoms with Crippen molar-refractivity contribution >= 4 is 27.1 Å². The Kier molecular flexibility index (Phi) is 5.08. The lowest BCUT2D eigenvalue weighted by atomic mass is 9.92. The van der Waals surface area contributed by atoms with Gasteiger partial charge in [-0.05, 0) is 46.7 Å². The molecule has 2 aromatic carbocycles. The van der Waals surface area contributed by atoms with Crippen LogP contribution in [0, 0.1) is 0 Å². The van der Waals surface area contributed by atoms with Gasteiger partial charge in [0, 0.05) is 23.2 Å². The number of hydrogen-bond acceptors (Lipinski definition) is 4. The monoisotopic (exact) mass is 411 g/mol. The minimum Gasteiger partial charge on any atom is -0.327 e. The predicted octanol–water partition coefficient (Wildman–Crippen LogP) is 4.08. The van der Waals surface area contributed by atoms with E-state index in [1.807, 2.05) is 23.1 Å². The number of carbonyl (C=O) groups excluding carboxylic acids is 1. The molecule has 1 amide bonds. The van der Waals surface area contributed by atoms with Crippen LogP contribution in [0.2, 0.25) is 0 Å². The highest BCUT2D eigenvalue weighted by molar-refractivity contribution is 7.89. The average Bonchev–Trinajstić information content (AvgIpc) is 3.15. The van der Waals surface area contributed by atoms with E-state index < -0.39 is 9.84 Å². The van der Waals surface area contributed by atoms with Crippen LogP contribution >= 0.6 is 11.3 Å². The summed E-state index contributed by atoms with van der Waals surface area (Å²) in [5.41, 5.74) is 3.57. The van der Waals surface area contributed by atoms with Crippen molar-refractivity contribution in [1.29, 1.82) is 0 Å². The van der Waals surface area contributed by atoms with E-state index in [1.165, 1.54) is 16.7 Å². The van der Waals surface area contributed by atoms with Gasteiger partial charge in [0.2, 0.25) is 0 Å². The van der Waals surface area contributed by atoms with Crippen LogP contribution in [-0.4, -0.2) is 32.0 Å². The molecule has 0 fully saturated rings. The zero-order chi connectivity index (χ0) is 19.7. The largest absolute Gasteiger partial charge is 0.327 e. The van der Waals surface area contributed by atoms with Crippen LogP contribution in [0.3, 0.4) is 0 Å². The molecule has 1 atom stereocenters. The SMILES string of the molecule is CS(=O)(=O)Cc1ccc(C(=O)N2CCc3sccc3[C@@H]2c2ccccc2)cc1. The van der Waals surface area contributed by atoms with Gasteiger partial charge in [0.15, 0.2) is 9.84 Å². The Morgan fingerprint density at radius 2 is 1.79 bits per heavy atom. The van der Waals surface area contributed by atoms with Gasteiger partial charge in [0.25, 0.3) is 5.91 Å². The summed E-state index contributed by atoms with van der Waals surface area (Å²) in [6.45, 7) is 0.664. The van der Waals surface area contributed by atoms with Crippen LogP contribution in [0.25, 0.3) is 0 Å². The molecule has 1 aromatic heterocycles. The van der Waals surface area contributed by atoms with Crippen LogP contribution in [0.1, 0.15) is 38.0 Å². The van der Waals surface area contributed by atoms with Gasteiger partial charge >= 0.3 is 0 Å². The first-order valence-electron chi connectivity index (χ1n) is 9.11. The highest BCUT2D eigenvalue weighted by Crippen LogP contribution is 2.38. The zero-order valence-electron chi connectivity index (χ0n) is 15.5. The van der Waals surface area contributed by atoms with Gasteiger partial charge in [-0.2, -0.15) is 0 Å². The predicted molar refractivity (Wildman–Crippen MR) is 112 cm³/mol. The zero-order valence-corrected chi connectivity index (χ0v) is 17.2. The number of rotatable bonds is 4. The number of benzene rings is 2. The van der Waals surface area contributed by atoms with Gasteiger partial charge in [0.1, 0.15) is 0 Å². The topological polar surface area (TPSA) is 54.5 Å². The number of carbonyl (C=O) groups is 1. The molecule has 1 aliphatic heterocycles. The Labute approximate surface area is 169 Å². The molecule has 0 spiro atoms. The molecule has 0 bridgehead atoms. The molecule has 0 saturated heterocycles. The number of amides is 1. The Morgan fingerprint density at radius 3 is 2.46 bits per heavy atom. The Balaban J connectivity index is 1.66. The van der Waals surface area contributed by atoms with Crippen molar-refractivity contribution in [2.75, 3.05) is 12.8 Å². The normalized spacial score (nSPS) is 16.6. The first-order valence-corrected chi connectivity index (χ1v) is 12.1. The Bertz CT molecular complexity index is 1090. The van der Waals surface area contributed by atoms with E-state index in [2.05, 4.69) is 23.6 Å². The minimum absolute atomic E-state index is 0.0178. The lowest BCUT2D eigenvalue weighted by molar-refractivity contribution is 0.0696. The highest BCUT2D eigenvalue weighted by atomic mass is 32.2. The second-order valence-electron chi connectivity index (χ2n) is 7.13. The smallest absolute Gasteiger partial charge is 0.254 e. The van der Waals surface area contributed by atoms with E-state index in [0.717, 1.165) is 12.0 Å². The van der Waals surface area contributed by atoms with Gasteiger partial charge in [0.05, 0.1) is 11.8 Å². The first kappa shape index (κ1) is 18.9. The molecule has 0 unspecified atom stereocenters. The highest BCUT2D eigenvalue weighted by Gasteiger charge is 2.33. The molecule has 2 heterocycles. The second-order valence-corrected chi connectivity index (χ2v) is 10.3. The molecule has 3 aromatic rings. The number of nitrogens with zero attached hydrogens (tertiary/aromatic N) is 1. The minimum atomic E-state index is -3.10. The van der Waals surface area contributed by atoms with Crippen molar-refractivity contribution in [2.45, 2.75) is 18.2 Å². The summed E-state index contributed by atoms with van der Waals surface area (Å²) in [4.78, 5) is 16.6. The summed E-state index contributed by atoms with van der Waals surface area (Å²) in [5.74, 6) is -0.0487. The van der Waals surface area contributed by atoms with Gasteiger partial charge in [-0.25, -0.2) is 8.42 Å². The van der Waals surface area contributed by atoms with E-state index in [0.29, 0.717) is 17.7 Å². The lowest BCUT2D eigenvalue weighted by Gasteiger charge is -2.36. The molecule has 1 aliphatic rings. The molecule has 4 nitrogen and oxygen atoms in total. The maximum Gasteiger partial charge on any atom is 0.254 e. The molecule has 0 saturated carbocycles. The molecule has 144 valence electrons. The standard InChI is InChI=1S/C22H21NO3S2/c1-28(25,26)15-16-7-9-18(10-8-16)22(24)23-13-11-20-19(12-14-27-20)21(23)17-5-3-2-4-6-17/h2-10,12,14,21H,11,13,15H2,1H3/t21-/m0/s1. The number of fused-ring (bicyclic) bond motifs is 1. The summed E-state index contributed by atoms with van der Waals surface area (Å²) in [6, 6.07) is 19.0. The number of sulfone groups is 1. The third-order valence-electron chi connectivity index (χ3n) is 4.97. The van der Waals surface area contributed by atoms with Crippen molar-refractivity contribution in [3.8, 4) is 0 Å². The van der Waals surface area contributed by atoms with Crippen LogP contribution in [-0.2, 0) is 22.0 Å². The average molecular weight is 412 g/mol. The fourth-order valence-electron chi connectivity index (χ4n) is 3.74. The first-order chi connectivity index (χ1) is 13.4. The summed E-state index contributed by atoms with van der Waals surface area (Å²) < 4.78 is 23.0. The van der Waals surface area contributed by atoms with Crippen LogP contribution in [0.4, 0.5) is 0 Å². The maximum atomic E-state index is 13.3. The van der Waals surface area contributed by atoms with Crippen LogP contribution < -0.4 is 0 Å². The van der Waals surface area contributed by atoms with E-state index in [9.17, 15) is 13.2 Å². The van der Waals surface area contributed by atoms with E-state index in [-0.39, 0.29) is 17.7 Å². The summed E-state index contributed by atoms with van der Waals surface area (Å²) in [5, 5.41) is 2.09. The Morgan fingerprint density at radius 1 is 1.07 bits per heavy atom. The number of thiophene rings is 1. The van der Waals surface area contributed by atoms with Crippen LogP contribution in [0.15, 0.2) is 66.0 Å². The molecule has 0 radical (unpaired) electrons. The van der Waals surface area contributed by atoms with Crippen molar-refractivity contribution < 1.29 is 13.2 Å². The quantitative estimate of drug-likeness (QED) is 0.650. The van der Waals surface area contributed by atoms with E-state index >= 15 is 0 Å². The molecule has 0 aliphatic carbocycles. The third kappa shape index (κ3) is 3.88. The molecule has 4 rings (SSSR count). The summed E-state index contributed by atoms with van der Waals surface area (Å²) >= 11 is 1.75. The second kappa shape index (κ2) is 7.53. The molecular formula is C22H21NO3S2. The van der Waals surface area contributed by atoms with Crippen molar-refractivity contribution in [3.63, 3.8) is 0 Å². The molecule has 6 heteroatoms. The van der Waals surface area contributed by atoms with Gasteiger partial charge in [-0.3, -0.25) is 4.79 Å². The summed E-state index contributed by atoms with van der Waals surface area (Å²) in [6.07, 6.45) is 2.07. The maximum absolute atomic E-state index is 13.3. The lowest BCUT2D eigenvalue weighted by Crippen LogP contribution is -2.40. The summed E-state index contributed by atoms with van der Waals surface area (Å²) in [7, 11) is -3.10. The van der Waals surface area contributed by atoms with E-state index in [4.69, 9.17) is 0 Å². The van der Waals surface area contributed by atoms with Gasteiger partial charge in [-0.1, -0.05) is 42.5 Å². The van der Waals surface area contributed by atoms with Crippen molar-refractivity contribution in [2.24, 2.45) is 0 Å². The molecule has 28 heavy (non-hydrogen) atoms. The fourth-order valence-corrected chi connectivity index (χ4v) is 5.44. The molecular weight excluding hydrogens is 390 g/mol. The fraction of sp³-hybridized carbons (Fsp3) is 0.227. The van der Waals surface area contributed by atoms with Gasteiger partial charge in [-0.15, -0.1) is 11.3 Å². The van der Waals surface area contributed by atoms with Gasteiger partial charge < -0.3 is 4.90 Å². The van der Waals surface area contributed by atoms with Crippen molar-refractivity contribution in [1.82, 2.24) is 4.90 Å². The van der Waals surface area contributed by atoms with Crippen molar-refractivity contribution in [3.05, 3.63) is 93.2 Å². The molecule has 0 N–H and O–H groups in total. The number of hydrogen-bond donors (Lipinski definition) is 0. The van der Waals surface area contributed by atoms with E-state index in [1.54, 1.807) is 35.6 Å². The van der Waals surface area contributed by atoms with Crippen LogP contribution in [0.5, 0.6) is 0 Å².